The van der Waals surface area contributed by atoms with Crippen molar-refractivity contribution >= 4 is 11.9 Å². The summed E-state index contributed by atoms with van der Waals surface area (Å²) in [5.74, 6) is -0.766. The summed E-state index contributed by atoms with van der Waals surface area (Å²) in [5.41, 5.74) is -0.491. The summed E-state index contributed by atoms with van der Waals surface area (Å²) in [7, 11) is 0. The lowest BCUT2D eigenvalue weighted by molar-refractivity contribution is -0.155. The van der Waals surface area contributed by atoms with E-state index in [-0.39, 0.29) is 17.9 Å². The fourth-order valence-corrected chi connectivity index (χ4v) is 2.23. The molecule has 1 heterocycles. The van der Waals surface area contributed by atoms with Crippen LogP contribution in [0.2, 0.25) is 0 Å². The van der Waals surface area contributed by atoms with Gasteiger partial charge in [-0.3, -0.25) is 9.59 Å². The lowest BCUT2D eigenvalue weighted by atomic mass is 9.69. The van der Waals surface area contributed by atoms with E-state index in [9.17, 15) is 9.59 Å². The highest BCUT2D eigenvalue weighted by Crippen LogP contribution is 2.46. The number of carbonyl (C=O) groups excluding carboxylic acids is 2. The molecule has 1 saturated carbocycles. The molecule has 0 spiro atoms. The van der Waals surface area contributed by atoms with Gasteiger partial charge < -0.3 is 4.74 Å². The number of cyclic esters (lactones) is 2. The second-order valence-electron chi connectivity index (χ2n) is 4.63. The summed E-state index contributed by atoms with van der Waals surface area (Å²) in [6, 6.07) is 0. The van der Waals surface area contributed by atoms with Crippen LogP contribution in [0.4, 0.5) is 0 Å². The number of fused-ring (bicyclic) bond motifs is 1. The van der Waals surface area contributed by atoms with E-state index in [1.165, 1.54) is 6.42 Å². The molecule has 1 aliphatic heterocycles. The van der Waals surface area contributed by atoms with Crippen LogP contribution >= 0.6 is 0 Å². The Kier molecular flexibility index (Phi) is 3.89. The maximum absolute atomic E-state index is 11.3. The van der Waals surface area contributed by atoms with Crippen LogP contribution in [0, 0.1) is 11.3 Å². The molecule has 3 nitrogen and oxygen atoms in total. The van der Waals surface area contributed by atoms with E-state index in [1.807, 2.05) is 6.92 Å². The predicted octanol–water partition coefficient (Wildman–Crippen LogP) is 2.68. The Morgan fingerprint density at radius 3 is 2.47 bits per heavy atom. The van der Waals surface area contributed by atoms with Gasteiger partial charge in [-0.1, -0.05) is 33.1 Å². The molecule has 1 saturated heterocycles. The van der Waals surface area contributed by atoms with Gasteiger partial charge in [-0.25, -0.2) is 0 Å². The zero-order valence-electron chi connectivity index (χ0n) is 9.84. The lowest BCUT2D eigenvalue weighted by Crippen LogP contribution is -2.33. The van der Waals surface area contributed by atoms with E-state index in [4.69, 9.17) is 0 Å². The van der Waals surface area contributed by atoms with Gasteiger partial charge in [0.2, 0.25) is 0 Å². The van der Waals surface area contributed by atoms with Crippen molar-refractivity contribution in [2.24, 2.45) is 11.3 Å². The molecule has 15 heavy (non-hydrogen) atoms. The Balaban J connectivity index is 0.000000337. The second-order valence-corrected chi connectivity index (χ2v) is 4.63. The third-order valence-electron chi connectivity index (χ3n) is 3.15. The molecule has 86 valence electrons. The Labute approximate surface area is 91.2 Å². The molecule has 0 aromatic carbocycles. The number of esters is 2. The van der Waals surface area contributed by atoms with E-state index in [0.29, 0.717) is 0 Å². The number of hydrogen-bond donors (Lipinski definition) is 0. The molecule has 2 aliphatic rings. The van der Waals surface area contributed by atoms with Crippen LogP contribution in [-0.2, 0) is 14.3 Å². The molecule has 2 atom stereocenters. The minimum absolute atomic E-state index is 0.154. The van der Waals surface area contributed by atoms with Crippen molar-refractivity contribution in [2.75, 3.05) is 0 Å². The quantitative estimate of drug-likeness (QED) is 0.458. The zero-order chi connectivity index (χ0) is 11.5. The van der Waals surface area contributed by atoms with Gasteiger partial charge in [0.05, 0.1) is 11.3 Å². The SMILES string of the molecule is CC12CCCCC1C(=O)OC2=O.CCC. The Bertz CT molecular complexity index is 260. The smallest absolute Gasteiger partial charge is 0.320 e. The number of carbonyl (C=O) groups is 2. The minimum Gasteiger partial charge on any atom is -0.392 e. The first-order valence-corrected chi connectivity index (χ1v) is 5.82. The summed E-state index contributed by atoms with van der Waals surface area (Å²) >= 11 is 0. The van der Waals surface area contributed by atoms with Crippen molar-refractivity contribution < 1.29 is 14.3 Å². The minimum atomic E-state index is -0.491. The molecule has 0 radical (unpaired) electrons. The van der Waals surface area contributed by atoms with Crippen LogP contribution in [0.25, 0.3) is 0 Å². The molecule has 0 N–H and O–H groups in total. The maximum atomic E-state index is 11.3. The van der Waals surface area contributed by atoms with E-state index in [1.54, 1.807) is 0 Å². The highest BCUT2D eigenvalue weighted by molar-refractivity contribution is 5.99. The van der Waals surface area contributed by atoms with E-state index in [2.05, 4.69) is 18.6 Å². The van der Waals surface area contributed by atoms with Crippen molar-refractivity contribution in [3.8, 4) is 0 Å². The zero-order valence-corrected chi connectivity index (χ0v) is 9.84. The first kappa shape index (κ1) is 12.2. The molecule has 0 amide bonds. The first-order valence-electron chi connectivity index (χ1n) is 5.82. The lowest BCUT2D eigenvalue weighted by Gasteiger charge is -2.29. The molecule has 3 heteroatoms. The normalized spacial score (nSPS) is 33.9. The van der Waals surface area contributed by atoms with Gasteiger partial charge in [0.15, 0.2) is 0 Å². The third-order valence-corrected chi connectivity index (χ3v) is 3.15. The van der Waals surface area contributed by atoms with Crippen LogP contribution in [0.3, 0.4) is 0 Å². The molecule has 0 aromatic heterocycles. The highest BCUT2D eigenvalue weighted by atomic mass is 16.6. The molecule has 1 aliphatic carbocycles. The third kappa shape index (κ3) is 2.21. The maximum Gasteiger partial charge on any atom is 0.320 e. The highest BCUT2D eigenvalue weighted by Gasteiger charge is 2.54. The van der Waals surface area contributed by atoms with Gasteiger partial charge in [0, 0.05) is 0 Å². The molecule has 2 unspecified atom stereocenters. The van der Waals surface area contributed by atoms with Gasteiger partial charge in [0.1, 0.15) is 0 Å². The Hall–Kier alpha value is -0.860. The van der Waals surface area contributed by atoms with Crippen molar-refractivity contribution in [1.82, 2.24) is 0 Å². The monoisotopic (exact) mass is 212 g/mol. The van der Waals surface area contributed by atoms with Crippen LogP contribution in [0.5, 0.6) is 0 Å². The van der Waals surface area contributed by atoms with Gasteiger partial charge in [-0.15, -0.1) is 0 Å². The van der Waals surface area contributed by atoms with E-state index >= 15 is 0 Å². The van der Waals surface area contributed by atoms with Gasteiger partial charge in [-0.2, -0.15) is 0 Å². The standard InChI is InChI=1S/C9H12O3.C3H8/c1-9-5-3-2-4-6(9)7(10)12-8(9)11;1-3-2/h6H,2-5H2,1H3;3H2,1-2H3. The number of hydrogen-bond acceptors (Lipinski definition) is 3. The van der Waals surface area contributed by atoms with Crippen LogP contribution in [0.15, 0.2) is 0 Å². The van der Waals surface area contributed by atoms with Crippen molar-refractivity contribution in [2.45, 2.75) is 52.9 Å². The predicted molar refractivity (Wildman–Crippen MR) is 57.1 cm³/mol. The van der Waals surface area contributed by atoms with Crippen molar-refractivity contribution in [1.29, 1.82) is 0 Å². The fraction of sp³-hybridized carbons (Fsp3) is 0.833. The fourth-order valence-electron chi connectivity index (χ4n) is 2.23. The summed E-state index contributed by atoms with van der Waals surface area (Å²) in [5, 5.41) is 0. The van der Waals surface area contributed by atoms with Crippen molar-refractivity contribution in [3.63, 3.8) is 0 Å². The van der Waals surface area contributed by atoms with E-state index < -0.39 is 5.41 Å². The second kappa shape index (κ2) is 4.77. The average molecular weight is 212 g/mol. The molecule has 0 bridgehead atoms. The van der Waals surface area contributed by atoms with E-state index in [0.717, 1.165) is 25.7 Å². The van der Waals surface area contributed by atoms with Gasteiger partial charge >= 0.3 is 11.9 Å². The summed E-state index contributed by atoms with van der Waals surface area (Å²) in [6.45, 7) is 6.10. The average Bonchev–Trinajstić information content (AvgIpc) is 2.40. The van der Waals surface area contributed by atoms with Crippen LogP contribution < -0.4 is 0 Å². The Morgan fingerprint density at radius 2 is 1.93 bits per heavy atom. The molecule has 0 aromatic rings. The molecular weight excluding hydrogens is 192 g/mol. The topological polar surface area (TPSA) is 43.4 Å². The largest absolute Gasteiger partial charge is 0.392 e. The van der Waals surface area contributed by atoms with Crippen LogP contribution in [-0.4, -0.2) is 11.9 Å². The van der Waals surface area contributed by atoms with Crippen LogP contribution in [0.1, 0.15) is 52.9 Å². The van der Waals surface area contributed by atoms with Crippen molar-refractivity contribution in [3.05, 3.63) is 0 Å². The molecule has 2 fully saturated rings. The van der Waals surface area contributed by atoms with Gasteiger partial charge in [0.25, 0.3) is 0 Å². The summed E-state index contributed by atoms with van der Waals surface area (Å²) in [6.07, 6.45) is 4.96. The molecular formula is C12H20O3. The number of ether oxygens (including phenoxy) is 1. The molecule has 2 rings (SSSR count). The number of rotatable bonds is 0. The first-order chi connectivity index (χ1) is 7.06. The summed E-state index contributed by atoms with van der Waals surface area (Å²) < 4.78 is 4.63. The Morgan fingerprint density at radius 1 is 1.33 bits per heavy atom. The van der Waals surface area contributed by atoms with Gasteiger partial charge in [-0.05, 0) is 19.8 Å². The summed E-state index contributed by atoms with van der Waals surface area (Å²) in [4.78, 5) is 22.5.